The van der Waals surface area contributed by atoms with Gasteiger partial charge < -0.3 is 14.2 Å². The number of rotatable bonds is 61. The van der Waals surface area contributed by atoms with Crippen molar-refractivity contribution in [3.8, 4) is 0 Å². The lowest BCUT2D eigenvalue weighted by Crippen LogP contribution is -2.30. The summed E-state index contributed by atoms with van der Waals surface area (Å²) in [4.78, 5) is 38.2. The summed E-state index contributed by atoms with van der Waals surface area (Å²) < 4.78 is 16.9. The van der Waals surface area contributed by atoms with E-state index in [0.29, 0.717) is 19.3 Å². The van der Waals surface area contributed by atoms with E-state index in [4.69, 9.17) is 14.2 Å². The minimum atomic E-state index is -0.774. The van der Waals surface area contributed by atoms with Gasteiger partial charge in [0.2, 0.25) is 0 Å². The van der Waals surface area contributed by atoms with Gasteiger partial charge in [-0.05, 0) is 96.3 Å². The lowest BCUT2D eigenvalue weighted by atomic mass is 10.0. The molecule has 0 bridgehead atoms. The normalized spacial score (nSPS) is 12.6. The summed E-state index contributed by atoms with van der Waals surface area (Å²) in [6, 6.07) is 0. The monoisotopic (exact) mass is 1090 g/mol. The highest BCUT2D eigenvalue weighted by molar-refractivity contribution is 5.71. The van der Waals surface area contributed by atoms with Gasteiger partial charge in [0.05, 0.1) is 0 Å². The molecule has 1 atom stereocenters. The zero-order valence-electron chi connectivity index (χ0n) is 51.7. The topological polar surface area (TPSA) is 78.9 Å². The summed E-state index contributed by atoms with van der Waals surface area (Å²) in [5.41, 5.74) is 0. The largest absolute Gasteiger partial charge is 0.462 e. The highest BCUT2D eigenvalue weighted by atomic mass is 16.6. The molecular formula is C72H126O6. The Labute approximate surface area is 484 Å². The first-order valence-electron chi connectivity index (χ1n) is 33.6. The van der Waals surface area contributed by atoms with Crippen LogP contribution in [0.15, 0.2) is 85.1 Å². The van der Waals surface area contributed by atoms with E-state index in [1.807, 2.05) is 0 Å². The maximum Gasteiger partial charge on any atom is 0.306 e. The Bertz CT molecular complexity index is 1480. The summed E-state index contributed by atoms with van der Waals surface area (Å²) in [7, 11) is 0. The molecule has 0 spiro atoms. The SMILES string of the molecule is CC/C=C\C/C=C\C/C=C\C/C=C\C/C=C\C/C=C\CCCCCCCCCCCCCCCCC(=O)OCC(COC(=O)CCCCCCCCCC)OC(=O)CCCCCCCCCCC/C=C\CCCCCCCC. The van der Waals surface area contributed by atoms with Crippen molar-refractivity contribution in [2.24, 2.45) is 0 Å². The van der Waals surface area contributed by atoms with Gasteiger partial charge in [0.15, 0.2) is 6.10 Å². The minimum absolute atomic E-state index is 0.0728. The second-order valence-electron chi connectivity index (χ2n) is 22.4. The second kappa shape index (κ2) is 66.1. The quantitative estimate of drug-likeness (QED) is 0.0261. The standard InChI is InChI=1S/C72H126O6/c1-4-7-10-13-16-19-21-23-25-27-29-30-31-32-33-34-35-36-37-38-39-40-41-42-44-45-47-49-51-53-56-59-62-65-71(74)77-68-69(67-76-70(73)64-61-58-55-18-15-12-9-6-3)78-72(75)66-63-60-57-54-52-50-48-46-43-28-26-24-22-20-17-14-11-8-5-2/h7,10,16,19,23-26,29-30,32-33,35-36,69H,4-6,8-9,11-15,17-18,20-22,27-28,31,34,37-68H2,1-3H3/b10-7-,19-16-,25-23-,26-24-,30-29-,33-32-,36-35-. The fraction of sp³-hybridized carbons (Fsp3) is 0.764. The lowest BCUT2D eigenvalue weighted by molar-refractivity contribution is -0.167. The highest BCUT2D eigenvalue weighted by Crippen LogP contribution is 2.17. The molecule has 78 heavy (non-hydrogen) atoms. The second-order valence-corrected chi connectivity index (χ2v) is 22.4. The van der Waals surface area contributed by atoms with Crippen molar-refractivity contribution in [2.75, 3.05) is 13.2 Å². The van der Waals surface area contributed by atoms with Crippen molar-refractivity contribution in [2.45, 2.75) is 341 Å². The maximum absolute atomic E-state index is 12.9. The van der Waals surface area contributed by atoms with E-state index in [1.165, 1.54) is 199 Å². The molecule has 0 aromatic heterocycles. The van der Waals surface area contributed by atoms with Crippen molar-refractivity contribution < 1.29 is 28.6 Å². The average Bonchev–Trinajstić information content (AvgIpc) is 3.44. The Morgan fingerprint density at radius 2 is 0.500 bits per heavy atom. The van der Waals surface area contributed by atoms with Gasteiger partial charge >= 0.3 is 17.9 Å². The van der Waals surface area contributed by atoms with Crippen LogP contribution in [0, 0.1) is 0 Å². The van der Waals surface area contributed by atoms with Crippen molar-refractivity contribution in [3.05, 3.63) is 85.1 Å². The van der Waals surface area contributed by atoms with Crippen molar-refractivity contribution in [1.29, 1.82) is 0 Å². The fourth-order valence-corrected chi connectivity index (χ4v) is 9.62. The Hall–Kier alpha value is -3.41. The van der Waals surface area contributed by atoms with Crippen LogP contribution in [0.2, 0.25) is 0 Å². The lowest BCUT2D eigenvalue weighted by Gasteiger charge is -2.18. The molecule has 0 aliphatic heterocycles. The molecule has 0 aromatic rings. The van der Waals surface area contributed by atoms with Gasteiger partial charge in [-0.15, -0.1) is 0 Å². The molecule has 0 saturated heterocycles. The first kappa shape index (κ1) is 74.6. The van der Waals surface area contributed by atoms with E-state index in [0.717, 1.165) is 96.3 Å². The van der Waals surface area contributed by atoms with Crippen LogP contribution >= 0.6 is 0 Å². The molecule has 1 unspecified atom stereocenters. The van der Waals surface area contributed by atoms with E-state index < -0.39 is 6.10 Å². The molecule has 0 aliphatic carbocycles. The van der Waals surface area contributed by atoms with Gasteiger partial charge in [-0.25, -0.2) is 0 Å². The number of hydrogen-bond donors (Lipinski definition) is 0. The predicted molar refractivity (Wildman–Crippen MR) is 339 cm³/mol. The molecule has 0 amide bonds. The van der Waals surface area contributed by atoms with Crippen LogP contribution in [0.4, 0.5) is 0 Å². The number of carbonyl (C=O) groups excluding carboxylic acids is 3. The van der Waals surface area contributed by atoms with Gasteiger partial charge in [0, 0.05) is 19.3 Å². The van der Waals surface area contributed by atoms with Crippen LogP contribution in [0.25, 0.3) is 0 Å². The predicted octanol–water partition coefficient (Wildman–Crippen LogP) is 23.1. The molecule has 0 rings (SSSR count). The molecule has 6 heteroatoms. The third-order valence-corrected chi connectivity index (χ3v) is 14.6. The summed E-state index contributed by atoms with van der Waals surface area (Å²) in [6.07, 6.45) is 87.6. The van der Waals surface area contributed by atoms with Crippen LogP contribution in [0.5, 0.6) is 0 Å². The van der Waals surface area contributed by atoms with Gasteiger partial charge in [0.1, 0.15) is 13.2 Å². The summed E-state index contributed by atoms with van der Waals surface area (Å²) in [5.74, 6) is -0.865. The van der Waals surface area contributed by atoms with Crippen LogP contribution in [0.3, 0.4) is 0 Å². The molecule has 6 nitrogen and oxygen atoms in total. The Morgan fingerprint density at radius 1 is 0.269 bits per heavy atom. The van der Waals surface area contributed by atoms with Gasteiger partial charge in [-0.1, -0.05) is 305 Å². The number of unbranched alkanes of at least 4 members (excludes halogenated alkanes) is 36. The van der Waals surface area contributed by atoms with Crippen LogP contribution < -0.4 is 0 Å². The van der Waals surface area contributed by atoms with Crippen molar-refractivity contribution in [1.82, 2.24) is 0 Å². The van der Waals surface area contributed by atoms with E-state index in [-0.39, 0.29) is 31.1 Å². The average molecular weight is 1090 g/mol. The zero-order valence-corrected chi connectivity index (χ0v) is 51.7. The number of esters is 3. The zero-order chi connectivity index (χ0) is 56.4. The van der Waals surface area contributed by atoms with Crippen LogP contribution in [-0.2, 0) is 28.6 Å². The molecule has 0 aromatic carbocycles. The number of allylic oxidation sites excluding steroid dienone is 14. The summed E-state index contributed by atoms with van der Waals surface area (Å²) >= 11 is 0. The van der Waals surface area contributed by atoms with E-state index in [1.54, 1.807) is 0 Å². The molecule has 0 heterocycles. The minimum Gasteiger partial charge on any atom is -0.462 e. The molecule has 450 valence electrons. The van der Waals surface area contributed by atoms with Gasteiger partial charge in [-0.2, -0.15) is 0 Å². The Morgan fingerprint density at radius 3 is 0.795 bits per heavy atom. The molecule has 0 fully saturated rings. The number of carbonyl (C=O) groups is 3. The van der Waals surface area contributed by atoms with Crippen molar-refractivity contribution >= 4 is 17.9 Å². The fourth-order valence-electron chi connectivity index (χ4n) is 9.62. The van der Waals surface area contributed by atoms with E-state index >= 15 is 0 Å². The first-order valence-corrected chi connectivity index (χ1v) is 33.6. The number of ether oxygens (including phenoxy) is 3. The summed E-state index contributed by atoms with van der Waals surface area (Å²) in [6.45, 7) is 6.53. The summed E-state index contributed by atoms with van der Waals surface area (Å²) in [5, 5.41) is 0. The third kappa shape index (κ3) is 63.4. The first-order chi connectivity index (χ1) is 38.5. The molecule has 0 aliphatic rings. The molecule has 0 N–H and O–H groups in total. The van der Waals surface area contributed by atoms with Crippen LogP contribution in [-0.4, -0.2) is 37.2 Å². The third-order valence-electron chi connectivity index (χ3n) is 14.6. The van der Waals surface area contributed by atoms with E-state index in [9.17, 15) is 14.4 Å². The Kier molecular flexibility index (Phi) is 63.2. The highest BCUT2D eigenvalue weighted by Gasteiger charge is 2.19. The van der Waals surface area contributed by atoms with Gasteiger partial charge in [-0.3, -0.25) is 14.4 Å². The molecule has 0 radical (unpaired) electrons. The van der Waals surface area contributed by atoms with Crippen LogP contribution in [0.1, 0.15) is 335 Å². The number of hydrogen-bond acceptors (Lipinski definition) is 6. The van der Waals surface area contributed by atoms with Gasteiger partial charge in [0.25, 0.3) is 0 Å². The van der Waals surface area contributed by atoms with Crippen molar-refractivity contribution in [3.63, 3.8) is 0 Å². The Balaban J connectivity index is 4.08. The maximum atomic E-state index is 12.9. The smallest absolute Gasteiger partial charge is 0.306 e. The molecular weight excluding hydrogens is 961 g/mol. The van der Waals surface area contributed by atoms with E-state index in [2.05, 4.69) is 106 Å². The molecule has 0 saturated carbocycles.